The molecule has 16 heavy (non-hydrogen) atoms. The second kappa shape index (κ2) is 7.01. The van der Waals surface area contributed by atoms with E-state index in [2.05, 4.69) is 17.6 Å². The van der Waals surface area contributed by atoms with Crippen molar-refractivity contribution in [3.63, 3.8) is 0 Å². The van der Waals surface area contributed by atoms with Gasteiger partial charge in [-0.1, -0.05) is 37.3 Å². The van der Waals surface area contributed by atoms with Crippen molar-refractivity contribution in [1.29, 1.82) is 0 Å². The summed E-state index contributed by atoms with van der Waals surface area (Å²) in [5, 5.41) is 6.08. The molecule has 1 atom stereocenters. The van der Waals surface area contributed by atoms with Crippen LogP contribution in [0, 0.1) is 0 Å². The Morgan fingerprint density at radius 1 is 1.25 bits per heavy atom. The summed E-state index contributed by atoms with van der Waals surface area (Å²) in [6.07, 6.45) is 0. The quantitative estimate of drug-likeness (QED) is 0.714. The van der Waals surface area contributed by atoms with Gasteiger partial charge in [0.05, 0.1) is 5.92 Å². The lowest BCUT2D eigenvalue weighted by molar-refractivity contribution is -0.122. The first-order valence-corrected chi connectivity index (χ1v) is 5.79. The fraction of sp³-hybridized carbons (Fsp3) is 0.462. The lowest BCUT2D eigenvalue weighted by Crippen LogP contribution is -2.34. The number of hydrogen-bond acceptors (Lipinski definition) is 2. The van der Waals surface area contributed by atoms with E-state index >= 15 is 0 Å². The SMILES string of the molecule is CCNCCNC(=O)C(C)c1ccccc1. The summed E-state index contributed by atoms with van der Waals surface area (Å²) in [5.74, 6) is 0.00642. The number of nitrogens with one attached hydrogen (secondary N) is 2. The molecule has 88 valence electrons. The van der Waals surface area contributed by atoms with Gasteiger partial charge in [0, 0.05) is 13.1 Å². The summed E-state index contributed by atoms with van der Waals surface area (Å²) in [7, 11) is 0. The van der Waals surface area contributed by atoms with Gasteiger partial charge in [0.1, 0.15) is 0 Å². The molecule has 0 radical (unpaired) electrons. The number of rotatable bonds is 6. The molecule has 2 N–H and O–H groups in total. The summed E-state index contributed by atoms with van der Waals surface area (Å²) in [6.45, 7) is 6.42. The van der Waals surface area contributed by atoms with Gasteiger partial charge >= 0.3 is 0 Å². The van der Waals surface area contributed by atoms with E-state index in [1.54, 1.807) is 0 Å². The molecule has 0 bridgehead atoms. The molecule has 0 saturated carbocycles. The molecule has 0 heterocycles. The Morgan fingerprint density at radius 3 is 2.56 bits per heavy atom. The van der Waals surface area contributed by atoms with Crippen LogP contribution in [-0.4, -0.2) is 25.5 Å². The van der Waals surface area contributed by atoms with E-state index in [1.165, 1.54) is 0 Å². The van der Waals surface area contributed by atoms with Gasteiger partial charge in [0.15, 0.2) is 0 Å². The summed E-state index contributed by atoms with van der Waals surface area (Å²) in [4.78, 5) is 11.8. The van der Waals surface area contributed by atoms with Crippen LogP contribution < -0.4 is 10.6 Å². The number of carbonyl (C=O) groups excluding carboxylic acids is 1. The topological polar surface area (TPSA) is 41.1 Å². The highest BCUT2D eigenvalue weighted by molar-refractivity contribution is 5.83. The minimum absolute atomic E-state index is 0.0807. The molecule has 0 fully saturated rings. The predicted molar refractivity (Wildman–Crippen MR) is 66.4 cm³/mol. The van der Waals surface area contributed by atoms with Gasteiger partial charge in [0.25, 0.3) is 0 Å². The second-order valence-electron chi connectivity index (χ2n) is 3.78. The molecule has 3 nitrogen and oxygen atoms in total. The summed E-state index contributed by atoms with van der Waals surface area (Å²) in [6, 6.07) is 9.83. The minimum atomic E-state index is -0.0807. The first kappa shape index (κ1) is 12.7. The Labute approximate surface area is 97.2 Å². The van der Waals surface area contributed by atoms with Crippen molar-refractivity contribution < 1.29 is 4.79 Å². The smallest absolute Gasteiger partial charge is 0.227 e. The zero-order valence-electron chi connectivity index (χ0n) is 9.99. The molecule has 0 aliphatic heterocycles. The molecule has 3 heteroatoms. The van der Waals surface area contributed by atoms with Crippen LogP contribution in [0.2, 0.25) is 0 Å². The molecule has 1 amide bonds. The fourth-order valence-corrected chi connectivity index (χ4v) is 1.50. The second-order valence-corrected chi connectivity index (χ2v) is 3.78. The molecule has 0 aliphatic carbocycles. The third kappa shape index (κ3) is 4.03. The van der Waals surface area contributed by atoms with Gasteiger partial charge in [-0.25, -0.2) is 0 Å². The number of amides is 1. The molecule has 1 rings (SSSR count). The molecular formula is C13H20N2O. The molecule has 1 aromatic rings. The van der Waals surface area contributed by atoms with Crippen molar-refractivity contribution in [1.82, 2.24) is 10.6 Å². The van der Waals surface area contributed by atoms with Crippen LogP contribution in [0.4, 0.5) is 0 Å². The molecule has 1 unspecified atom stereocenters. The van der Waals surface area contributed by atoms with Gasteiger partial charge in [-0.15, -0.1) is 0 Å². The highest BCUT2D eigenvalue weighted by Crippen LogP contribution is 2.13. The maximum atomic E-state index is 11.8. The maximum Gasteiger partial charge on any atom is 0.227 e. The normalized spacial score (nSPS) is 12.1. The van der Waals surface area contributed by atoms with E-state index in [1.807, 2.05) is 37.3 Å². The molecule has 0 spiro atoms. The first-order valence-electron chi connectivity index (χ1n) is 5.79. The summed E-state index contributed by atoms with van der Waals surface area (Å²) >= 11 is 0. The van der Waals surface area contributed by atoms with Gasteiger partial charge in [-0.3, -0.25) is 4.79 Å². The highest BCUT2D eigenvalue weighted by atomic mass is 16.1. The number of likely N-dealkylation sites (N-methyl/N-ethyl adjacent to an activating group) is 1. The Bertz CT molecular complexity index is 311. The van der Waals surface area contributed by atoms with Crippen LogP contribution in [0.5, 0.6) is 0 Å². The van der Waals surface area contributed by atoms with Crippen LogP contribution in [0.1, 0.15) is 25.3 Å². The lowest BCUT2D eigenvalue weighted by atomic mass is 10.0. The average Bonchev–Trinajstić information content (AvgIpc) is 2.34. The molecule has 0 aliphatic rings. The van der Waals surface area contributed by atoms with Crippen molar-refractivity contribution in [3.05, 3.63) is 35.9 Å². The zero-order chi connectivity index (χ0) is 11.8. The Morgan fingerprint density at radius 2 is 1.94 bits per heavy atom. The van der Waals surface area contributed by atoms with Crippen LogP contribution in [-0.2, 0) is 4.79 Å². The van der Waals surface area contributed by atoms with Crippen LogP contribution >= 0.6 is 0 Å². The van der Waals surface area contributed by atoms with Crippen LogP contribution in [0.3, 0.4) is 0 Å². The number of benzene rings is 1. The van der Waals surface area contributed by atoms with E-state index in [-0.39, 0.29) is 11.8 Å². The Kier molecular flexibility index (Phi) is 5.57. The van der Waals surface area contributed by atoms with Crippen molar-refractivity contribution in [3.8, 4) is 0 Å². The van der Waals surface area contributed by atoms with Crippen molar-refractivity contribution in [2.24, 2.45) is 0 Å². The monoisotopic (exact) mass is 220 g/mol. The maximum absolute atomic E-state index is 11.8. The summed E-state index contributed by atoms with van der Waals surface area (Å²) < 4.78 is 0. The fourth-order valence-electron chi connectivity index (χ4n) is 1.50. The third-order valence-electron chi connectivity index (χ3n) is 2.54. The van der Waals surface area contributed by atoms with Crippen LogP contribution in [0.15, 0.2) is 30.3 Å². The predicted octanol–water partition coefficient (Wildman–Crippen LogP) is 1.52. The lowest BCUT2D eigenvalue weighted by Gasteiger charge is -2.12. The Balaban J connectivity index is 2.37. The molecule has 0 aromatic heterocycles. The minimum Gasteiger partial charge on any atom is -0.354 e. The summed E-state index contributed by atoms with van der Waals surface area (Å²) in [5.41, 5.74) is 1.06. The molecule has 0 saturated heterocycles. The standard InChI is InChI=1S/C13H20N2O/c1-3-14-9-10-15-13(16)11(2)12-7-5-4-6-8-12/h4-8,11,14H,3,9-10H2,1-2H3,(H,15,16). The van der Waals surface area contributed by atoms with E-state index < -0.39 is 0 Å². The largest absolute Gasteiger partial charge is 0.354 e. The van der Waals surface area contributed by atoms with Gasteiger partial charge in [-0.05, 0) is 19.0 Å². The van der Waals surface area contributed by atoms with Gasteiger partial charge in [0.2, 0.25) is 5.91 Å². The highest BCUT2D eigenvalue weighted by Gasteiger charge is 2.13. The first-order chi connectivity index (χ1) is 7.75. The van der Waals surface area contributed by atoms with E-state index in [9.17, 15) is 4.79 Å². The van der Waals surface area contributed by atoms with Crippen molar-refractivity contribution in [2.75, 3.05) is 19.6 Å². The number of carbonyl (C=O) groups is 1. The molecule has 1 aromatic carbocycles. The zero-order valence-corrected chi connectivity index (χ0v) is 9.99. The van der Waals surface area contributed by atoms with E-state index in [0.717, 1.165) is 18.7 Å². The van der Waals surface area contributed by atoms with E-state index in [0.29, 0.717) is 6.54 Å². The van der Waals surface area contributed by atoms with Crippen molar-refractivity contribution >= 4 is 5.91 Å². The third-order valence-corrected chi connectivity index (χ3v) is 2.54. The van der Waals surface area contributed by atoms with Gasteiger partial charge < -0.3 is 10.6 Å². The number of hydrogen-bond donors (Lipinski definition) is 2. The van der Waals surface area contributed by atoms with Gasteiger partial charge in [-0.2, -0.15) is 0 Å². The molecular weight excluding hydrogens is 200 g/mol. The van der Waals surface area contributed by atoms with Crippen LogP contribution in [0.25, 0.3) is 0 Å². The van der Waals surface area contributed by atoms with Crippen molar-refractivity contribution in [2.45, 2.75) is 19.8 Å². The average molecular weight is 220 g/mol. The Hall–Kier alpha value is -1.35. The van der Waals surface area contributed by atoms with E-state index in [4.69, 9.17) is 0 Å².